The van der Waals surface area contributed by atoms with E-state index in [1.54, 1.807) is 0 Å². The minimum atomic E-state index is 0.592. The van der Waals surface area contributed by atoms with Crippen LogP contribution in [0.15, 0.2) is 11.1 Å². The van der Waals surface area contributed by atoms with Gasteiger partial charge in [0, 0.05) is 23.6 Å². The van der Waals surface area contributed by atoms with Crippen LogP contribution in [0.3, 0.4) is 0 Å². The molecule has 3 heteroatoms. The lowest BCUT2D eigenvalue weighted by atomic mass is 9.91. The smallest absolute Gasteiger partial charge is 0.0268 e. The summed E-state index contributed by atoms with van der Waals surface area (Å²) < 4.78 is 1.04. The van der Waals surface area contributed by atoms with Crippen molar-refractivity contribution in [2.75, 3.05) is 26.2 Å². The second-order valence-electron chi connectivity index (χ2n) is 4.89. The molecule has 0 aromatic carbocycles. The summed E-state index contributed by atoms with van der Waals surface area (Å²) in [4.78, 5) is 2.61. The Morgan fingerprint density at radius 1 is 1.62 bits per heavy atom. The van der Waals surface area contributed by atoms with Gasteiger partial charge in [-0.2, -0.15) is 0 Å². The van der Waals surface area contributed by atoms with Crippen molar-refractivity contribution in [3.63, 3.8) is 0 Å². The van der Waals surface area contributed by atoms with Gasteiger partial charge in [-0.15, -0.1) is 0 Å². The van der Waals surface area contributed by atoms with Crippen molar-refractivity contribution in [1.29, 1.82) is 0 Å². The second-order valence-corrected chi connectivity index (χ2v) is 6.01. The maximum Gasteiger partial charge on any atom is 0.0268 e. The summed E-state index contributed by atoms with van der Waals surface area (Å²) >= 11 is 3.40. The molecule has 1 aliphatic rings. The van der Waals surface area contributed by atoms with E-state index in [4.69, 9.17) is 0 Å². The lowest BCUT2D eigenvalue weighted by Gasteiger charge is -2.36. The lowest BCUT2D eigenvalue weighted by molar-refractivity contribution is 0.152. The van der Waals surface area contributed by atoms with Crippen LogP contribution in [0.5, 0.6) is 0 Å². The van der Waals surface area contributed by atoms with E-state index in [9.17, 15) is 0 Å². The molecule has 1 aliphatic heterocycles. The van der Waals surface area contributed by atoms with Crippen molar-refractivity contribution in [2.45, 2.75) is 39.2 Å². The van der Waals surface area contributed by atoms with Gasteiger partial charge in [0.2, 0.25) is 0 Å². The van der Waals surface area contributed by atoms with Crippen LogP contribution in [0.1, 0.15) is 33.1 Å². The molecule has 2 nitrogen and oxygen atoms in total. The topological polar surface area (TPSA) is 15.3 Å². The van der Waals surface area contributed by atoms with Crippen LogP contribution in [0.25, 0.3) is 0 Å². The number of hydrogen-bond donors (Lipinski definition) is 1. The van der Waals surface area contributed by atoms with E-state index in [0.717, 1.165) is 16.9 Å². The van der Waals surface area contributed by atoms with Crippen LogP contribution < -0.4 is 5.32 Å². The van der Waals surface area contributed by atoms with Gasteiger partial charge in [0.25, 0.3) is 0 Å². The van der Waals surface area contributed by atoms with E-state index < -0.39 is 0 Å². The Kier molecular flexibility index (Phi) is 6.62. The predicted octanol–water partition coefficient (Wildman–Crippen LogP) is 3.00. The molecule has 0 aromatic heterocycles. The molecule has 0 radical (unpaired) electrons. The highest BCUT2D eigenvalue weighted by Gasteiger charge is 2.23. The zero-order valence-corrected chi connectivity index (χ0v) is 12.2. The third kappa shape index (κ3) is 4.98. The Hall–Kier alpha value is 0.140. The molecular formula is C13H25BrN2. The number of rotatable bonds is 6. The summed E-state index contributed by atoms with van der Waals surface area (Å²) in [7, 11) is 0. The zero-order chi connectivity index (χ0) is 12.0. The summed E-state index contributed by atoms with van der Waals surface area (Å²) in [6.45, 7) is 13.1. The number of hydrogen-bond acceptors (Lipinski definition) is 2. The van der Waals surface area contributed by atoms with E-state index in [0.29, 0.717) is 6.04 Å². The van der Waals surface area contributed by atoms with Crippen molar-refractivity contribution in [1.82, 2.24) is 10.2 Å². The van der Waals surface area contributed by atoms with Crippen LogP contribution in [0.4, 0.5) is 0 Å². The minimum absolute atomic E-state index is 0.592. The highest BCUT2D eigenvalue weighted by Crippen LogP contribution is 2.20. The van der Waals surface area contributed by atoms with Crippen molar-refractivity contribution in [3.05, 3.63) is 11.1 Å². The van der Waals surface area contributed by atoms with Crippen molar-refractivity contribution < 1.29 is 0 Å². The molecular weight excluding hydrogens is 264 g/mol. The molecule has 16 heavy (non-hydrogen) atoms. The first-order valence-electron chi connectivity index (χ1n) is 6.42. The molecule has 1 fully saturated rings. The highest BCUT2D eigenvalue weighted by atomic mass is 79.9. The zero-order valence-electron chi connectivity index (χ0n) is 10.6. The van der Waals surface area contributed by atoms with Gasteiger partial charge in [0.1, 0.15) is 0 Å². The number of nitrogens with zero attached hydrogens (tertiary/aromatic N) is 1. The van der Waals surface area contributed by atoms with Gasteiger partial charge in [-0.25, -0.2) is 0 Å². The Labute approximate surface area is 109 Å². The maximum atomic E-state index is 3.86. The largest absolute Gasteiger partial charge is 0.309 e. The van der Waals surface area contributed by atoms with Gasteiger partial charge < -0.3 is 10.2 Å². The van der Waals surface area contributed by atoms with Gasteiger partial charge in [-0.1, -0.05) is 29.4 Å². The Morgan fingerprint density at radius 2 is 2.38 bits per heavy atom. The fourth-order valence-electron chi connectivity index (χ4n) is 2.46. The maximum absolute atomic E-state index is 3.86. The van der Waals surface area contributed by atoms with Crippen LogP contribution in [0.2, 0.25) is 0 Å². The first kappa shape index (κ1) is 14.2. The van der Waals surface area contributed by atoms with Crippen molar-refractivity contribution >= 4 is 15.9 Å². The van der Waals surface area contributed by atoms with Crippen LogP contribution in [0, 0.1) is 5.92 Å². The number of piperidine rings is 1. The Morgan fingerprint density at radius 3 is 3.00 bits per heavy atom. The summed E-state index contributed by atoms with van der Waals surface area (Å²) in [6, 6.07) is 0.592. The molecule has 1 saturated heterocycles. The summed E-state index contributed by atoms with van der Waals surface area (Å²) in [5.74, 6) is 0.798. The third-order valence-corrected chi connectivity index (χ3v) is 3.69. The molecule has 1 heterocycles. The van der Waals surface area contributed by atoms with E-state index in [1.165, 1.54) is 38.9 Å². The van der Waals surface area contributed by atoms with Crippen LogP contribution >= 0.6 is 15.9 Å². The Balaban J connectivity index is 2.31. The lowest BCUT2D eigenvalue weighted by Crippen LogP contribution is -2.44. The van der Waals surface area contributed by atoms with Crippen molar-refractivity contribution in [3.8, 4) is 0 Å². The molecule has 2 atom stereocenters. The first-order valence-corrected chi connectivity index (χ1v) is 7.21. The quantitative estimate of drug-likeness (QED) is 0.808. The molecule has 1 N–H and O–H groups in total. The standard InChI is InChI=1S/C13H25BrN2/c1-4-7-16-8-5-6-13(10-16)12(3)15-9-11(2)14/h12-13,15H,2,4-10H2,1,3H3. The van der Waals surface area contributed by atoms with E-state index in [1.807, 2.05) is 0 Å². The summed E-state index contributed by atoms with van der Waals surface area (Å²) in [5.41, 5.74) is 0. The number of halogens is 1. The predicted molar refractivity (Wildman–Crippen MR) is 75.0 cm³/mol. The molecule has 0 aliphatic carbocycles. The van der Waals surface area contributed by atoms with Gasteiger partial charge >= 0.3 is 0 Å². The molecule has 0 saturated carbocycles. The summed E-state index contributed by atoms with van der Waals surface area (Å²) in [5, 5.41) is 3.54. The van der Waals surface area contributed by atoms with E-state index in [-0.39, 0.29) is 0 Å². The van der Waals surface area contributed by atoms with Crippen LogP contribution in [-0.4, -0.2) is 37.1 Å². The van der Waals surface area contributed by atoms with Gasteiger partial charge in [-0.3, -0.25) is 0 Å². The van der Waals surface area contributed by atoms with E-state index >= 15 is 0 Å². The fraction of sp³-hybridized carbons (Fsp3) is 0.846. The van der Waals surface area contributed by atoms with Gasteiger partial charge in [0.15, 0.2) is 0 Å². The van der Waals surface area contributed by atoms with Crippen molar-refractivity contribution in [2.24, 2.45) is 5.92 Å². The highest BCUT2D eigenvalue weighted by molar-refractivity contribution is 9.11. The monoisotopic (exact) mass is 288 g/mol. The number of nitrogens with one attached hydrogen (secondary N) is 1. The SMILES string of the molecule is C=C(Br)CNC(C)C1CCCN(CCC)C1. The fourth-order valence-corrected chi connectivity index (χ4v) is 2.62. The Bertz CT molecular complexity index is 216. The average molecular weight is 289 g/mol. The van der Waals surface area contributed by atoms with Crippen LogP contribution in [-0.2, 0) is 0 Å². The molecule has 0 amide bonds. The van der Waals surface area contributed by atoms with Gasteiger partial charge in [0.05, 0.1) is 0 Å². The second kappa shape index (κ2) is 7.46. The molecule has 94 valence electrons. The average Bonchev–Trinajstić information content (AvgIpc) is 2.26. The summed E-state index contributed by atoms with van der Waals surface area (Å²) in [6.07, 6.45) is 3.99. The normalized spacial score (nSPS) is 24.3. The van der Waals surface area contributed by atoms with E-state index in [2.05, 4.69) is 46.6 Å². The molecule has 2 unspecified atom stereocenters. The third-order valence-electron chi connectivity index (χ3n) is 3.40. The molecule has 0 aromatic rings. The number of likely N-dealkylation sites (tertiary alicyclic amines) is 1. The van der Waals surface area contributed by atoms with Gasteiger partial charge in [-0.05, 0) is 45.2 Å². The molecule has 1 rings (SSSR count). The molecule has 0 bridgehead atoms. The first-order chi connectivity index (χ1) is 7.63. The minimum Gasteiger partial charge on any atom is -0.309 e. The molecule has 0 spiro atoms.